The molecule has 0 aliphatic rings. The van der Waals surface area contributed by atoms with Crippen molar-refractivity contribution >= 4 is 67.1 Å². The van der Waals surface area contributed by atoms with Crippen molar-refractivity contribution in [3.8, 4) is 56.5 Å². The minimum Gasteiger partial charge on any atom is -1.00 e. The van der Waals surface area contributed by atoms with E-state index in [0.717, 1.165) is 95.7 Å². The Morgan fingerprint density at radius 1 is 0.636 bits per heavy atom. The van der Waals surface area contributed by atoms with Gasteiger partial charge in [0.2, 0.25) is 5.82 Å². The number of thioether (sulfide) groups is 1. The topological polar surface area (TPSA) is 287 Å². The molecule has 0 fully saturated rings. The number of hydrogen-bond donors (Lipinski definition) is 4. The fraction of sp³-hybridized carbons (Fsp3) is 0.178. The van der Waals surface area contributed by atoms with Gasteiger partial charge in [0.25, 0.3) is 21.9 Å². The molecule has 0 amide bonds. The van der Waals surface area contributed by atoms with Crippen LogP contribution in [0.2, 0.25) is 0 Å². The van der Waals surface area contributed by atoms with Crippen molar-refractivity contribution < 1.29 is 89.0 Å². The standard InChI is InChI=1S/C24H23F2N5O2S.C19H12F2N4O2S.C18H14F2N4O2.C7H6N4S.C5H12ClN.BH.ClH.U/c1-30(2)9-4-10-34-24-27-23(29-33-24)17-6-3-5-16(11-17)15-31-22(32)8-7-21(28-31)18-12-19(25)14-20(26)13-18;20-14-7-13(8-15(21)9-14)16-4-5-17(26)25(23-16)10-11-2-1-3-12(6-11)18-22-19(28)27-24-18;19-14-7-13(8-15(20)9-14)16-4-5-17(25)24(22-16)10-11-2-1-3-12(6-11)18(21)23-26;12-7(10-3-1-8-5-10)11-4-2-9-6-11;1-7(2)5-3-4-6;;;/h3,5-8,11-14H,4,9-10,15H2,1-2H3;1-9H,10H2,(H,22,24,28);1-9,26H,10H2,(H2,21,23);1-6H;3-5H2,1-2H3;2*1H;/i;;;;;1D;;. The number of nitrogens with one attached hydrogen (secondary N) is 2. The molecule has 0 bridgehead atoms. The maximum atomic E-state index is 13.6. The number of rotatable bonds is 20. The maximum absolute atomic E-state index is 13.6. The number of alkyl halides is 1. The SMILES string of the molecule is CN(C)CCCSc1nc(-c2cccc(Cn3nc(-c4cc(F)cc(F)c4)ccc3=O)c2)no1.C[NH+](C)CCCCl.N/C(=N\O)c1cccc(Cn2nc(-c3cc(F)cc(F)c3)ccc2=O)c1.O=c1ccc(-c2cc(F)cc(F)c2)nn1Cc1cccc(-c2nc(=S)o[nH]2)c1.S=C(n1ccnc1)n1ccnc1.[2H][B].[Cl-].[U]. The zero-order valence-electron chi connectivity index (χ0n) is 60.0. The van der Waals surface area contributed by atoms with Crippen molar-refractivity contribution in [3.05, 3.63) is 294 Å². The molecule has 7 aromatic heterocycles. The molecule has 5 N–H and O–H groups in total. The van der Waals surface area contributed by atoms with E-state index in [1.165, 1.54) is 85.8 Å². The van der Waals surface area contributed by atoms with Gasteiger partial charge >= 0.3 is 4.84 Å². The smallest absolute Gasteiger partial charge is 0.314 e. The van der Waals surface area contributed by atoms with Gasteiger partial charge in [0.15, 0.2) is 16.8 Å². The van der Waals surface area contributed by atoms with Crippen LogP contribution in [-0.4, -0.2) is 152 Å². The Morgan fingerprint density at radius 2 is 1.07 bits per heavy atom. The molecule has 110 heavy (non-hydrogen) atoms. The third-order valence-corrected chi connectivity index (χ3v) is 16.6. The van der Waals surface area contributed by atoms with E-state index >= 15 is 0 Å². The number of H-pyrrole nitrogens is 1. The molecule has 0 aliphatic heterocycles. The summed E-state index contributed by atoms with van der Waals surface area (Å²) in [7, 11) is 12.1. The first-order chi connectivity index (χ1) is 52.4. The molecule has 13 aromatic rings. The number of amidine groups is 1. The van der Waals surface area contributed by atoms with Crippen LogP contribution in [0.15, 0.2) is 235 Å². The summed E-state index contributed by atoms with van der Waals surface area (Å²) in [6.45, 7) is 2.61. The minimum atomic E-state index is -0.731. The number of halogens is 8. The van der Waals surface area contributed by atoms with Gasteiger partial charge in [-0.05, 0) is 142 Å². The first-order valence-corrected chi connectivity index (χ1v) is 34.7. The van der Waals surface area contributed by atoms with Crippen molar-refractivity contribution in [2.45, 2.75) is 37.7 Å². The molecule has 0 atom stereocenters. The van der Waals surface area contributed by atoms with E-state index in [9.17, 15) is 40.7 Å². The Hall–Kier alpha value is -10.2. The zero-order chi connectivity index (χ0) is 78.5. The Morgan fingerprint density at radius 3 is 1.46 bits per heavy atom. The summed E-state index contributed by atoms with van der Waals surface area (Å²) in [4.78, 5) is 56.6. The summed E-state index contributed by atoms with van der Waals surface area (Å²) in [5, 5.41) is 32.2. The van der Waals surface area contributed by atoms with Gasteiger partial charge in [-0.2, -0.15) is 25.3 Å². The number of hydrogen-bond acceptors (Lipinski definition) is 19. The molecule has 0 saturated carbocycles. The molecule has 2 radical (unpaired) electrons. The molecule has 0 spiro atoms. The van der Waals surface area contributed by atoms with E-state index in [1.54, 1.807) is 76.9 Å². The Bertz CT molecular complexity index is 5340. The average molecular weight is 1830 g/mol. The van der Waals surface area contributed by atoms with Gasteiger partial charge in [-0.3, -0.25) is 23.5 Å². The van der Waals surface area contributed by atoms with Gasteiger partial charge in [0, 0.05) is 152 Å². The average Bonchev–Trinajstić information content (AvgIpc) is 1.77. The van der Waals surface area contributed by atoms with Crippen LogP contribution in [0.25, 0.3) is 56.5 Å². The van der Waals surface area contributed by atoms with Crippen molar-refractivity contribution in [1.82, 2.24) is 73.6 Å². The normalized spacial score (nSPS) is 10.8. The minimum absolute atomic E-state index is 0. The number of nitrogens with two attached hydrogens (primary N) is 1. The van der Waals surface area contributed by atoms with E-state index in [-0.39, 0.29) is 119 Å². The van der Waals surface area contributed by atoms with Gasteiger partial charge < -0.3 is 42.2 Å². The number of nitrogens with zero attached hydrogens (tertiary/aromatic N) is 15. The summed E-state index contributed by atoms with van der Waals surface area (Å²) in [5.41, 5.74) is 10.3. The van der Waals surface area contributed by atoms with Crippen LogP contribution in [-0.2, 0) is 19.6 Å². The quantitative estimate of drug-likeness (QED) is 0.00549. The van der Waals surface area contributed by atoms with E-state index < -0.39 is 34.9 Å². The van der Waals surface area contributed by atoms with E-state index in [0.29, 0.717) is 38.8 Å². The van der Waals surface area contributed by atoms with Crippen LogP contribution in [0.5, 0.6) is 0 Å². The van der Waals surface area contributed by atoms with Gasteiger partial charge in [-0.15, -0.1) is 11.6 Å². The Labute approximate surface area is 678 Å². The molecule has 0 saturated heterocycles. The molecule has 13 rings (SSSR count). The maximum Gasteiger partial charge on any atom is 0.314 e. The predicted molar refractivity (Wildman–Crippen MR) is 407 cm³/mol. The summed E-state index contributed by atoms with van der Waals surface area (Å²) < 4.78 is 104. The molecule has 24 nitrogen and oxygen atoms in total. The van der Waals surface area contributed by atoms with Crippen LogP contribution in [0.4, 0.5) is 26.3 Å². The van der Waals surface area contributed by atoms with Gasteiger partial charge in [0.1, 0.15) is 47.6 Å². The summed E-state index contributed by atoms with van der Waals surface area (Å²) in [6, 6.07) is 38.9. The zero-order valence-corrected chi connectivity index (χ0v) is 67.1. The number of aromatic amines is 1. The van der Waals surface area contributed by atoms with Crippen LogP contribution in [0, 0.1) is 70.9 Å². The Balaban J connectivity index is 0.000000229. The van der Waals surface area contributed by atoms with Gasteiger partial charge in [-0.25, -0.2) is 55.5 Å². The fourth-order valence-corrected chi connectivity index (χ4v) is 11.0. The molecule has 37 heteroatoms. The van der Waals surface area contributed by atoms with Crippen LogP contribution in [0.1, 0.15) is 35.1 Å². The number of oxime groups is 1. The van der Waals surface area contributed by atoms with E-state index in [2.05, 4.69) is 78.1 Å². The summed E-state index contributed by atoms with van der Waals surface area (Å²) >= 11 is 16.9. The monoisotopic (exact) mass is 1820 g/mol. The number of benzene rings is 6. The Kier molecular flexibility index (Phi) is 34.7. The molecule has 568 valence electrons. The summed E-state index contributed by atoms with van der Waals surface area (Å²) in [6.07, 6.45) is 12.4. The van der Waals surface area contributed by atoms with Crippen molar-refractivity contribution in [1.29, 1.82) is 1.34 Å². The van der Waals surface area contributed by atoms with E-state index in [1.807, 2.05) is 56.6 Å². The third kappa shape index (κ3) is 27.1. The molecule has 7 heterocycles. The van der Waals surface area contributed by atoms with Crippen LogP contribution >= 0.6 is 47.8 Å². The predicted octanol–water partition coefficient (Wildman–Crippen LogP) is 7.49. The van der Waals surface area contributed by atoms with Crippen molar-refractivity contribution in [2.75, 3.05) is 52.9 Å². The van der Waals surface area contributed by atoms with Crippen LogP contribution < -0.4 is 39.7 Å². The van der Waals surface area contributed by atoms with Gasteiger partial charge in [0.05, 0.1) is 57.4 Å². The number of aromatic nitrogens is 14. The summed E-state index contributed by atoms with van der Waals surface area (Å²) in [5.74, 6) is -1.77. The molecule has 0 unspecified atom stereocenters. The first kappa shape index (κ1) is 87.0. The first-order valence-electron chi connectivity index (χ1n) is 33.0. The number of thiocarbonyl (C=S) groups is 1. The molecular formula is C73H69BCl2F6N18O6S3U. The molecule has 0 aliphatic carbocycles. The van der Waals surface area contributed by atoms with E-state index in [4.69, 9.17) is 57.4 Å². The van der Waals surface area contributed by atoms with Crippen molar-refractivity contribution in [2.24, 2.45) is 10.9 Å². The molecular weight excluding hydrogens is 1750 g/mol. The second-order valence-corrected chi connectivity index (χ2v) is 25.9. The number of imidazole rings is 2. The number of quaternary nitrogens is 1. The second kappa shape index (κ2) is 43.8. The third-order valence-electron chi connectivity index (χ3n) is 14.9. The van der Waals surface area contributed by atoms with Gasteiger partial charge in [-0.1, -0.05) is 76.7 Å². The van der Waals surface area contributed by atoms with Crippen molar-refractivity contribution in [3.63, 3.8) is 0 Å². The van der Waals surface area contributed by atoms with Crippen LogP contribution in [0.3, 0.4) is 0 Å². The second-order valence-electron chi connectivity index (χ2n) is 23.7. The molecule has 6 aromatic carbocycles. The fourth-order valence-electron chi connectivity index (χ4n) is 9.86. The largest absolute Gasteiger partial charge is 1.00 e.